The SMILES string of the molecule is COC(=O)/C=C/c1cc(OC)c2oc(-c3ccc(C)cc3)cc2c1. The molecule has 0 N–H and O–H groups in total. The van der Waals surface area contributed by atoms with Crippen molar-refractivity contribution in [3.8, 4) is 17.1 Å². The summed E-state index contributed by atoms with van der Waals surface area (Å²) in [5.41, 5.74) is 3.72. The van der Waals surface area contributed by atoms with Gasteiger partial charge in [-0.2, -0.15) is 0 Å². The normalized spacial score (nSPS) is 11.1. The van der Waals surface area contributed by atoms with Crippen molar-refractivity contribution in [3.63, 3.8) is 0 Å². The van der Waals surface area contributed by atoms with Gasteiger partial charge < -0.3 is 13.9 Å². The third kappa shape index (κ3) is 3.18. The Morgan fingerprint density at radius 2 is 1.83 bits per heavy atom. The van der Waals surface area contributed by atoms with Crippen molar-refractivity contribution < 1.29 is 18.7 Å². The number of carbonyl (C=O) groups excluding carboxylic acids is 1. The highest BCUT2D eigenvalue weighted by atomic mass is 16.5. The topological polar surface area (TPSA) is 48.7 Å². The number of ether oxygens (including phenoxy) is 2. The molecule has 0 bridgehead atoms. The van der Waals surface area contributed by atoms with Crippen LogP contribution in [0, 0.1) is 6.92 Å². The van der Waals surface area contributed by atoms with Gasteiger partial charge in [0.05, 0.1) is 14.2 Å². The van der Waals surface area contributed by atoms with E-state index in [1.165, 1.54) is 18.7 Å². The van der Waals surface area contributed by atoms with Crippen molar-refractivity contribution in [2.45, 2.75) is 6.92 Å². The zero-order chi connectivity index (χ0) is 17.1. The summed E-state index contributed by atoms with van der Waals surface area (Å²) in [6.07, 6.45) is 3.06. The number of rotatable bonds is 4. The highest BCUT2D eigenvalue weighted by Crippen LogP contribution is 2.35. The smallest absolute Gasteiger partial charge is 0.330 e. The Hall–Kier alpha value is -3.01. The summed E-state index contributed by atoms with van der Waals surface area (Å²) in [6.45, 7) is 2.05. The van der Waals surface area contributed by atoms with E-state index in [2.05, 4.69) is 4.74 Å². The fraction of sp³-hybridized carbons (Fsp3) is 0.150. The van der Waals surface area contributed by atoms with Crippen LogP contribution >= 0.6 is 0 Å². The van der Waals surface area contributed by atoms with Crippen molar-refractivity contribution in [1.29, 1.82) is 0 Å². The van der Waals surface area contributed by atoms with E-state index in [-0.39, 0.29) is 0 Å². The summed E-state index contributed by atoms with van der Waals surface area (Å²) < 4.78 is 16.0. The van der Waals surface area contributed by atoms with Crippen LogP contribution in [-0.2, 0) is 9.53 Å². The van der Waals surface area contributed by atoms with Crippen LogP contribution in [0.15, 0.2) is 53.0 Å². The Morgan fingerprint density at radius 3 is 2.50 bits per heavy atom. The van der Waals surface area contributed by atoms with Gasteiger partial charge in [-0.3, -0.25) is 0 Å². The number of carbonyl (C=O) groups is 1. The molecule has 0 radical (unpaired) electrons. The summed E-state index contributed by atoms with van der Waals surface area (Å²) in [5.74, 6) is 0.995. The zero-order valence-electron chi connectivity index (χ0n) is 13.8. The van der Waals surface area contributed by atoms with Gasteiger partial charge in [-0.15, -0.1) is 0 Å². The van der Waals surface area contributed by atoms with Gasteiger partial charge in [0, 0.05) is 17.0 Å². The van der Waals surface area contributed by atoms with Crippen molar-refractivity contribution in [2.24, 2.45) is 0 Å². The number of hydrogen-bond acceptors (Lipinski definition) is 4. The van der Waals surface area contributed by atoms with Crippen molar-refractivity contribution in [3.05, 3.63) is 59.7 Å². The van der Waals surface area contributed by atoms with Gasteiger partial charge in [-0.25, -0.2) is 4.79 Å². The Morgan fingerprint density at radius 1 is 1.08 bits per heavy atom. The highest BCUT2D eigenvalue weighted by molar-refractivity contribution is 5.92. The molecule has 1 heterocycles. The van der Waals surface area contributed by atoms with Crippen LogP contribution in [0.2, 0.25) is 0 Å². The first-order chi connectivity index (χ1) is 11.6. The number of fused-ring (bicyclic) bond motifs is 1. The number of methoxy groups -OCH3 is 2. The number of hydrogen-bond donors (Lipinski definition) is 0. The molecule has 0 spiro atoms. The maximum atomic E-state index is 11.3. The third-order valence-electron chi connectivity index (χ3n) is 3.77. The zero-order valence-corrected chi connectivity index (χ0v) is 13.8. The van der Waals surface area contributed by atoms with E-state index in [0.29, 0.717) is 11.3 Å². The van der Waals surface area contributed by atoms with Crippen LogP contribution in [0.25, 0.3) is 28.4 Å². The molecule has 3 aromatic rings. The second kappa shape index (κ2) is 6.62. The molecular formula is C20H18O4. The van der Waals surface area contributed by atoms with E-state index in [4.69, 9.17) is 9.15 Å². The monoisotopic (exact) mass is 322 g/mol. The molecule has 3 rings (SSSR count). The maximum absolute atomic E-state index is 11.3. The van der Waals surface area contributed by atoms with Gasteiger partial charge in [0.1, 0.15) is 5.76 Å². The molecule has 4 heteroatoms. The van der Waals surface area contributed by atoms with Gasteiger partial charge in [-0.1, -0.05) is 29.8 Å². The van der Waals surface area contributed by atoms with Gasteiger partial charge in [-0.05, 0) is 36.8 Å². The van der Waals surface area contributed by atoms with E-state index < -0.39 is 5.97 Å². The Bertz CT molecular complexity index is 901. The lowest BCUT2D eigenvalue weighted by atomic mass is 10.1. The minimum absolute atomic E-state index is 0.401. The number of benzene rings is 2. The molecule has 0 fully saturated rings. The molecule has 0 amide bonds. The van der Waals surface area contributed by atoms with Crippen molar-refractivity contribution in [2.75, 3.05) is 14.2 Å². The predicted molar refractivity (Wildman–Crippen MR) is 94.0 cm³/mol. The molecule has 24 heavy (non-hydrogen) atoms. The number of furan rings is 1. The second-order valence-electron chi connectivity index (χ2n) is 5.47. The lowest BCUT2D eigenvalue weighted by molar-refractivity contribution is -0.134. The first-order valence-electron chi connectivity index (χ1n) is 7.55. The molecule has 0 saturated carbocycles. The molecule has 122 valence electrons. The lowest BCUT2D eigenvalue weighted by Gasteiger charge is -2.02. The van der Waals surface area contributed by atoms with Crippen LogP contribution < -0.4 is 4.74 Å². The molecule has 0 atom stereocenters. The molecule has 0 unspecified atom stereocenters. The molecule has 0 aliphatic rings. The largest absolute Gasteiger partial charge is 0.493 e. The van der Waals surface area contributed by atoms with Gasteiger partial charge in [0.2, 0.25) is 0 Å². The minimum atomic E-state index is -0.401. The Balaban J connectivity index is 2.06. The fourth-order valence-corrected chi connectivity index (χ4v) is 2.48. The number of aryl methyl sites for hydroxylation is 1. The van der Waals surface area contributed by atoms with Crippen molar-refractivity contribution in [1.82, 2.24) is 0 Å². The summed E-state index contributed by atoms with van der Waals surface area (Å²) in [5, 5.41) is 0.912. The standard InChI is InChI=1S/C20H18O4/c1-13-4-7-15(8-5-13)17-12-16-10-14(6-9-19(21)23-3)11-18(22-2)20(16)24-17/h4-12H,1-3H3/b9-6+. The molecule has 1 aromatic heterocycles. The summed E-state index contributed by atoms with van der Waals surface area (Å²) >= 11 is 0. The van der Waals surface area contributed by atoms with E-state index >= 15 is 0 Å². The highest BCUT2D eigenvalue weighted by Gasteiger charge is 2.12. The Kier molecular flexibility index (Phi) is 4.38. The Labute approximate surface area is 140 Å². The quantitative estimate of drug-likeness (QED) is 0.520. The van der Waals surface area contributed by atoms with E-state index in [1.807, 2.05) is 49.4 Å². The second-order valence-corrected chi connectivity index (χ2v) is 5.47. The number of esters is 1. The van der Waals surface area contributed by atoms with E-state index in [0.717, 1.165) is 22.3 Å². The predicted octanol–water partition coefficient (Wildman–Crippen LogP) is 4.60. The van der Waals surface area contributed by atoms with E-state index in [9.17, 15) is 4.79 Å². The third-order valence-corrected chi connectivity index (χ3v) is 3.77. The average Bonchev–Trinajstić information content (AvgIpc) is 3.03. The first-order valence-corrected chi connectivity index (χ1v) is 7.55. The molecule has 0 aliphatic carbocycles. The minimum Gasteiger partial charge on any atom is -0.493 e. The summed E-state index contributed by atoms with van der Waals surface area (Å²) in [4.78, 5) is 11.3. The van der Waals surface area contributed by atoms with Crippen LogP contribution in [0.4, 0.5) is 0 Å². The van der Waals surface area contributed by atoms with Gasteiger partial charge >= 0.3 is 5.97 Å². The molecular weight excluding hydrogens is 304 g/mol. The van der Waals surface area contributed by atoms with Crippen LogP contribution in [0.3, 0.4) is 0 Å². The van der Waals surface area contributed by atoms with Crippen molar-refractivity contribution >= 4 is 23.0 Å². The van der Waals surface area contributed by atoms with E-state index in [1.54, 1.807) is 13.2 Å². The molecule has 2 aromatic carbocycles. The van der Waals surface area contributed by atoms with Crippen LogP contribution in [0.5, 0.6) is 5.75 Å². The van der Waals surface area contributed by atoms with Crippen LogP contribution in [0.1, 0.15) is 11.1 Å². The average molecular weight is 322 g/mol. The van der Waals surface area contributed by atoms with Crippen LogP contribution in [-0.4, -0.2) is 20.2 Å². The molecule has 0 saturated heterocycles. The van der Waals surface area contributed by atoms with Gasteiger partial charge in [0.15, 0.2) is 11.3 Å². The maximum Gasteiger partial charge on any atom is 0.330 e. The lowest BCUT2D eigenvalue weighted by Crippen LogP contribution is -1.93. The first kappa shape index (κ1) is 15.9. The molecule has 0 aliphatic heterocycles. The summed E-state index contributed by atoms with van der Waals surface area (Å²) in [7, 11) is 2.94. The molecule has 4 nitrogen and oxygen atoms in total. The van der Waals surface area contributed by atoms with Gasteiger partial charge in [0.25, 0.3) is 0 Å². The fourth-order valence-electron chi connectivity index (χ4n) is 2.48. The summed E-state index contributed by atoms with van der Waals surface area (Å²) in [6, 6.07) is 13.9.